The molecule has 3 aromatic rings. The first-order valence-electron chi connectivity index (χ1n) is 12.0. The average molecular weight is 511 g/mol. The summed E-state index contributed by atoms with van der Waals surface area (Å²) < 4.78 is 31.5. The molecule has 11 heteroatoms. The minimum absolute atomic E-state index is 0.0815. The molecule has 0 unspecified atom stereocenters. The van der Waals surface area contributed by atoms with Crippen molar-refractivity contribution < 1.29 is 23.4 Å². The van der Waals surface area contributed by atoms with Crippen molar-refractivity contribution >= 4 is 23.2 Å². The number of anilines is 3. The molecule has 0 bridgehead atoms. The fourth-order valence-corrected chi connectivity index (χ4v) is 4.52. The van der Waals surface area contributed by atoms with E-state index in [1.807, 2.05) is 30.0 Å². The number of halogens is 2. The smallest absolute Gasteiger partial charge is 0.280 e. The number of carbonyl (C=O) groups is 1. The van der Waals surface area contributed by atoms with Gasteiger partial charge in [0.25, 0.3) is 12.3 Å². The van der Waals surface area contributed by atoms with Crippen LogP contribution in [0.15, 0.2) is 42.7 Å². The van der Waals surface area contributed by atoms with Gasteiger partial charge in [0.05, 0.1) is 30.7 Å². The number of rotatable bonds is 6. The van der Waals surface area contributed by atoms with Gasteiger partial charge in [0.15, 0.2) is 0 Å². The highest BCUT2D eigenvalue weighted by Crippen LogP contribution is 2.34. The Morgan fingerprint density at radius 1 is 1.11 bits per heavy atom. The SMILES string of the molecule is Cc1ncc(NC(=O)c2ccnc(C(F)F)c2)cc1-c1cc(N2CCOCC2)nc(N2CC(C)(O)C2)c1. The molecule has 0 aromatic carbocycles. The lowest BCUT2D eigenvalue weighted by Gasteiger charge is -2.45. The zero-order valence-electron chi connectivity index (χ0n) is 20.6. The summed E-state index contributed by atoms with van der Waals surface area (Å²) in [7, 11) is 0. The van der Waals surface area contributed by atoms with Crippen LogP contribution in [0.25, 0.3) is 11.1 Å². The van der Waals surface area contributed by atoms with E-state index in [4.69, 9.17) is 9.72 Å². The maximum atomic E-state index is 13.0. The van der Waals surface area contributed by atoms with Crippen molar-refractivity contribution in [1.82, 2.24) is 15.0 Å². The van der Waals surface area contributed by atoms with E-state index >= 15 is 0 Å². The third-order valence-electron chi connectivity index (χ3n) is 6.44. The quantitative estimate of drug-likeness (QED) is 0.520. The summed E-state index contributed by atoms with van der Waals surface area (Å²) in [5, 5.41) is 13.0. The highest BCUT2D eigenvalue weighted by molar-refractivity contribution is 6.04. The predicted octanol–water partition coefficient (Wildman–Crippen LogP) is 3.44. The van der Waals surface area contributed by atoms with Crippen LogP contribution in [-0.2, 0) is 4.74 Å². The van der Waals surface area contributed by atoms with Crippen molar-refractivity contribution in [3.63, 3.8) is 0 Å². The molecule has 0 saturated carbocycles. The van der Waals surface area contributed by atoms with Crippen molar-refractivity contribution in [2.24, 2.45) is 0 Å². The maximum absolute atomic E-state index is 13.0. The monoisotopic (exact) mass is 510 g/mol. The summed E-state index contributed by atoms with van der Waals surface area (Å²) in [6.45, 7) is 7.29. The number of aryl methyl sites for hydroxylation is 1. The van der Waals surface area contributed by atoms with Gasteiger partial charge in [0.1, 0.15) is 17.3 Å². The van der Waals surface area contributed by atoms with Gasteiger partial charge in [-0.05, 0) is 49.7 Å². The molecule has 0 spiro atoms. The van der Waals surface area contributed by atoms with Gasteiger partial charge in [0, 0.05) is 49.2 Å². The Kier molecular flexibility index (Phi) is 6.74. The number of hydrogen-bond acceptors (Lipinski definition) is 8. The van der Waals surface area contributed by atoms with Crippen LogP contribution in [0.1, 0.15) is 35.1 Å². The average Bonchev–Trinajstić information content (AvgIpc) is 2.88. The van der Waals surface area contributed by atoms with Crippen LogP contribution >= 0.6 is 0 Å². The first kappa shape index (κ1) is 25.0. The molecule has 3 aromatic heterocycles. The zero-order valence-corrected chi connectivity index (χ0v) is 20.6. The van der Waals surface area contributed by atoms with Gasteiger partial charge in [-0.1, -0.05) is 0 Å². The second-order valence-electron chi connectivity index (χ2n) is 9.61. The molecule has 194 valence electrons. The summed E-state index contributed by atoms with van der Waals surface area (Å²) in [4.78, 5) is 29.9. The highest BCUT2D eigenvalue weighted by atomic mass is 19.3. The lowest BCUT2D eigenvalue weighted by atomic mass is 9.96. The van der Waals surface area contributed by atoms with Gasteiger partial charge in [-0.15, -0.1) is 0 Å². The van der Waals surface area contributed by atoms with Crippen LogP contribution in [-0.4, -0.2) is 71.0 Å². The number of carbonyl (C=O) groups excluding carboxylic acids is 1. The van der Waals surface area contributed by atoms with Crippen LogP contribution in [0.2, 0.25) is 0 Å². The van der Waals surface area contributed by atoms with E-state index in [0.29, 0.717) is 45.1 Å². The fourth-order valence-electron chi connectivity index (χ4n) is 4.52. The van der Waals surface area contributed by atoms with Crippen LogP contribution in [0.4, 0.5) is 26.1 Å². The van der Waals surface area contributed by atoms with Gasteiger partial charge in [0.2, 0.25) is 0 Å². The van der Waals surface area contributed by atoms with Gasteiger partial charge in [-0.25, -0.2) is 13.8 Å². The molecule has 9 nitrogen and oxygen atoms in total. The van der Waals surface area contributed by atoms with Gasteiger partial charge in [-0.3, -0.25) is 14.8 Å². The number of alkyl halides is 2. The Morgan fingerprint density at radius 3 is 2.49 bits per heavy atom. The number of pyridine rings is 3. The molecule has 0 aliphatic carbocycles. The van der Waals surface area contributed by atoms with E-state index in [9.17, 15) is 18.7 Å². The van der Waals surface area contributed by atoms with Crippen LogP contribution < -0.4 is 15.1 Å². The van der Waals surface area contributed by atoms with E-state index in [1.165, 1.54) is 18.5 Å². The van der Waals surface area contributed by atoms with Gasteiger partial charge < -0.3 is 25.0 Å². The lowest BCUT2D eigenvalue weighted by Crippen LogP contribution is -2.60. The zero-order chi connectivity index (χ0) is 26.2. The molecule has 2 N–H and O–H groups in total. The Hall–Kier alpha value is -3.70. The molecule has 0 atom stereocenters. The van der Waals surface area contributed by atoms with Crippen molar-refractivity contribution in [3.05, 3.63) is 59.7 Å². The highest BCUT2D eigenvalue weighted by Gasteiger charge is 2.37. The van der Waals surface area contributed by atoms with E-state index in [1.54, 1.807) is 6.92 Å². The Bertz CT molecular complexity index is 1310. The number of morpholine rings is 1. The topological polar surface area (TPSA) is 104 Å². The van der Waals surface area contributed by atoms with E-state index < -0.39 is 23.6 Å². The number of aromatic nitrogens is 3. The summed E-state index contributed by atoms with van der Waals surface area (Å²) >= 11 is 0. The largest absolute Gasteiger partial charge is 0.386 e. The Labute approximate surface area is 213 Å². The Balaban J connectivity index is 1.46. The summed E-state index contributed by atoms with van der Waals surface area (Å²) in [5.74, 6) is 1.01. The summed E-state index contributed by atoms with van der Waals surface area (Å²) in [6.07, 6.45) is -0.0468. The third kappa shape index (κ3) is 5.52. The van der Waals surface area contributed by atoms with Crippen molar-refractivity contribution in [2.75, 3.05) is 54.5 Å². The second kappa shape index (κ2) is 9.98. The predicted molar refractivity (Wildman–Crippen MR) is 135 cm³/mol. The molecule has 0 radical (unpaired) electrons. The molecule has 1 amide bonds. The van der Waals surface area contributed by atoms with Crippen LogP contribution in [0, 0.1) is 6.92 Å². The normalized spacial score (nSPS) is 17.0. The molecule has 37 heavy (non-hydrogen) atoms. The molecule has 2 aliphatic rings. The van der Waals surface area contributed by atoms with Gasteiger partial charge in [-0.2, -0.15) is 0 Å². The number of aliphatic hydroxyl groups is 1. The molecule has 5 heterocycles. The molecule has 2 fully saturated rings. The van der Waals surface area contributed by atoms with Gasteiger partial charge >= 0.3 is 0 Å². The number of amides is 1. The molecule has 2 aliphatic heterocycles. The second-order valence-corrected chi connectivity index (χ2v) is 9.61. The van der Waals surface area contributed by atoms with E-state index in [2.05, 4.69) is 20.2 Å². The molecule has 5 rings (SSSR count). The van der Waals surface area contributed by atoms with Crippen molar-refractivity contribution in [3.8, 4) is 11.1 Å². The number of ether oxygens (including phenoxy) is 1. The van der Waals surface area contributed by atoms with Crippen LogP contribution in [0.3, 0.4) is 0 Å². The van der Waals surface area contributed by atoms with E-state index in [0.717, 1.165) is 34.5 Å². The standard InChI is InChI=1S/C26H28F2N6O3/c1-16-20(12-19(13-30-16)31-25(35)17-3-4-29-21(9-17)24(27)28)18-10-22(33-5-7-37-8-6-33)32-23(11-18)34-14-26(2,36)15-34/h3-4,9-13,24,36H,5-8,14-15H2,1-2H3,(H,31,35). The number of nitrogens with one attached hydrogen (secondary N) is 1. The summed E-state index contributed by atoms with van der Waals surface area (Å²) in [5.41, 5.74) is 1.71. The number of β-amino-alcohol motifs (C(OH)–C–C–N with tert-alkyl or cyclic N) is 1. The minimum Gasteiger partial charge on any atom is -0.386 e. The van der Waals surface area contributed by atoms with Crippen molar-refractivity contribution in [1.29, 1.82) is 0 Å². The maximum Gasteiger partial charge on any atom is 0.280 e. The van der Waals surface area contributed by atoms with Crippen LogP contribution in [0.5, 0.6) is 0 Å². The van der Waals surface area contributed by atoms with E-state index in [-0.39, 0.29) is 5.56 Å². The Morgan fingerprint density at radius 2 is 1.81 bits per heavy atom. The first-order chi connectivity index (χ1) is 17.7. The van der Waals surface area contributed by atoms with Crippen molar-refractivity contribution in [2.45, 2.75) is 25.9 Å². The molecular formula is C26H28F2N6O3. The number of nitrogens with zero attached hydrogens (tertiary/aromatic N) is 5. The number of hydrogen-bond donors (Lipinski definition) is 2. The summed E-state index contributed by atoms with van der Waals surface area (Å²) in [6, 6.07) is 8.21. The first-order valence-corrected chi connectivity index (χ1v) is 12.0. The molecule has 2 saturated heterocycles. The molecular weight excluding hydrogens is 482 g/mol. The fraction of sp³-hybridized carbons (Fsp3) is 0.385. The third-order valence-corrected chi connectivity index (χ3v) is 6.44. The lowest BCUT2D eigenvalue weighted by molar-refractivity contribution is 0.0305. The minimum atomic E-state index is -2.77.